The minimum absolute atomic E-state index is 0.198. The molecule has 8 nitrogen and oxygen atoms in total. The molecule has 3 aromatic rings. The van der Waals surface area contributed by atoms with Crippen LogP contribution in [-0.4, -0.2) is 63.7 Å². The summed E-state index contributed by atoms with van der Waals surface area (Å²) in [5, 5.41) is 14.9. The lowest BCUT2D eigenvalue weighted by molar-refractivity contribution is -0.150. The number of ether oxygens (including phenoxy) is 2. The summed E-state index contributed by atoms with van der Waals surface area (Å²) < 4.78 is 29.3. The molecule has 0 spiro atoms. The molecule has 3 atom stereocenters. The van der Waals surface area contributed by atoms with Gasteiger partial charge in [0.15, 0.2) is 11.2 Å². The van der Waals surface area contributed by atoms with Crippen molar-refractivity contribution in [3.63, 3.8) is 0 Å². The first-order valence-electron chi connectivity index (χ1n) is 12.4. The topological polar surface area (TPSA) is 93.9 Å². The number of hydrogen-bond donors (Lipinski definition) is 1. The molecule has 1 fully saturated rings. The third-order valence-corrected chi connectivity index (χ3v) is 7.15. The van der Waals surface area contributed by atoms with Crippen molar-refractivity contribution in [2.75, 3.05) is 20.8 Å². The molecule has 38 heavy (non-hydrogen) atoms. The van der Waals surface area contributed by atoms with Gasteiger partial charge in [-0.05, 0) is 34.7 Å². The van der Waals surface area contributed by atoms with Gasteiger partial charge in [-0.1, -0.05) is 57.2 Å². The number of carboxylic acid groups (broad SMARTS) is 1. The van der Waals surface area contributed by atoms with Crippen molar-refractivity contribution in [1.29, 1.82) is 0 Å². The average Bonchev–Trinajstić information content (AvgIpc) is 3.47. The van der Waals surface area contributed by atoms with Gasteiger partial charge in [-0.25, -0.2) is 9.18 Å². The van der Waals surface area contributed by atoms with E-state index >= 15 is 4.39 Å². The molecule has 1 N–H and O–H groups in total. The first-order chi connectivity index (χ1) is 18.0. The fraction of sp³-hybridized carbons (Fsp3) is 0.414. The Hall–Kier alpha value is -3.72. The number of alkyl halides is 1. The molecule has 1 aliphatic rings. The van der Waals surface area contributed by atoms with Crippen molar-refractivity contribution < 1.29 is 28.6 Å². The molecule has 0 aliphatic carbocycles. The van der Waals surface area contributed by atoms with E-state index in [9.17, 15) is 14.7 Å². The maximum atomic E-state index is 17.0. The van der Waals surface area contributed by atoms with Crippen LogP contribution < -0.4 is 4.74 Å². The van der Waals surface area contributed by atoms with Gasteiger partial charge in [0.2, 0.25) is 0 Å². The number of hydrogen-bond acceptors (Lipinski definition) is 5. The standard InChI is InChI=1S/C29H34FN3O5/c1-27(2,3)22-13-12-21(16-23(22)38-5)25(34)33-24(20-10-7-6-8-11-20)28(30,19-37-4)17-29(33,26(35)36)18-32-15-9-14-31-32/h6-16,24H,17-19H2,1-5H3,(H,35,36). The number of methoxy groups -OCH3 is 2. The average molecular weight is 524 g/mol. The number of carbonyl (C=O) groups is 2. The number of likely N-dealkylation sites (tertiary alicyclic amines) is 1. The van der Waals surface area contributed by atoms with Crippen molar-refractivity contribution in [3.8, 4) is 5.75 Å². The Kier molecular flexibility index (Phi) is 7.34. The molecule has 0 saturated carbocycles. The lowest BCUT2D eigenvalue weighted by Gasteiger charge is -2.38. The quantitative estimate of drug-likeness (QED) is 0.462. The predicted octanol–water partition coefficient (Wildman–Crippen LogP) is 4.65. The molecule has 1 saturated heterocycles. The third kappa shape index (κ3) is 4.78. The molecular formula is C29H34FN3O5. The van der Waals surface area contributed by atoms with E-state index in [-0.39, 0.29) is 17.5 Å². The van der Waals surface area contributed by atoms with E-state index < -0.39 is 42.2 Å². The van der Waals surface area contributed by atoms with Crippen LogP contribution in [0.25, 0.3) is 0 Å². The molecule has 9 heteroatoms. The normalized spacial score (nSPS) is 23.4. The minimum atomic E-state index is -2.19. The molecule has 1 aliphatic heterocycles. The Morgan fingerprint density at radius 2 is 1.84 bits per heavy atom. The maximum absolute atomic E-state index is 17.0. The SMILES string of the molecule is COCC1(F)CC(Cn2cccn2)(C(=O)O)N(C(=O)c2ccc(C(C)(C)C)c(OC)c2)C1c1ccccc1. The van der Waals surface area contributed by atoms with Crippen LogP contribution in [0.1, 0.15) is 54.7 Å². The molecule has 4 rings (SSSR count). The van der Waals surface area contributed by atoms with Crippen LogP contribution in [0.5, 0.6) is 5.75 Å². The van der Waals surface area contributed by atoms with E-state index in [1.165, 1.54) is 30.0 Å². The van der Waals surface area contributed by atoms with Gasteiger partial charge in [-0.3, -0.25) is 9.48 Å². The van der Waals surface area contributed by atoms with Crippen LogP contribution in [-0.2, 0) is 21.5 Å². The Bertz CT molecular complexity index is 1290. The molecule has 202 valence electrons. The van der Waals surface area contributed by atoms with Crippen molar-refractivity contribution in [2.45, 2.75) is 56.4 Å². The van der Waals surface area contributed by atoms with Crippen molar-refractivity contribution in [3.05, 3.63) is 83.7 Å². The van der Waals surface area contributed by atoms with Crippen LogP contribution in [0, 0.1) is 0 Å². The van der Waals surface area contributed by atoms with Gasteiger partial charge >= 0.3 is 5.97 Å². The molecule has 3 unspecified atom stereocenters. The van der Waals surface area contributed by atoms with E-state index in [1.54, 1.807) is 60.8 Å². The fourth-order valence-electron chi connectivity index (χ4n) is 5.53. The van der Waals surface area contributed by atoms with E-state index in [0.717, 1.165) is 5.56 Å². The summed E-state index contributed by atoms with van der Waals surface area (Å²) in [6, 6.07) is 14.1. The number of rotatable bonds is 8. The summed E-state index contributed by atoms with van der Waals surface area (Å²) in [4.78, 5) is 28.7. The minimum Gasteiger partial charge on any atom is -0.496 e. The fourth-order valence-corrected chi connectivity index (χ4v) is 5.53. The zero-order valence-electron chi connectivity index (χ0n) is 22.3. The van der Waals surface area contributed by atoms with Gasteiger partial charge in [-0.15, -0.1) is 0 Å². The molecule has 2 heterocycles. The van der Waals surface area contributed by atoms with Gasteiger partial charge in [0.05, 0.1) is 26.3 Å². The summed E-state index contributed by atoms with van der Waals surface area (Å²) in [7, 11) is 2.88. The molecule has 2 aromatic carbocycles. The largest absolute Gasteiger partial charge is 0.496 e. The number of halogens is 1. The second-order valence-corrected chi connectivity index (χ2v) is 10.8. The van der Waals surface area contributed by atoms with E-state index in [4.69, 9.17) is 9.47 Å². The zero-order chi connectivity index (χ0) is 27.7. The third-order valence-electron chi connectivity index (χ3n) is 7.15. The van der Waals surface area contributed by atoms with Crippen molar-refractivity contribution in [2.24, 2.45) is 0 Å². The van der Waals surface area contributed by atoms with Gasteiger partial charge in [0.1, 0.15) is 5.75 Å². The van der Waals surface area contributed by atoms with E-state index in [2.05, 4.69) is 5.10 Å². The Morgan fingerprint density at radius 3 is 2.39 bits per heavy atom. The highest BCUT2D eigenvalue weighted by molar-refractivity contribution is 5.99. The summed E-state index contributed by atoms with van der Waals surface area (Å²) in [5.41, 5.74) is -2.84. The summed E-state index contributed by atoms with van der Waals surface area (Å²) in [5.74, 6) is -1.45. The molecule has 1 amide bonds. The number of benzene rings is 2. The lowest BCUT2D eigenvalue weighted by Crippen LogP contribution is -2.56. The number of aliphatic carboxylic acids is 1. The number of amides is 1. The van der Waals surface area contributed by atoms with Gasteiger partial charge in [0.25, 0.3) is 5.91 Å². The maximum Gasteiger partial charge on any atom is 0.331 e. The van der Waals surface area contributed by atoms with Crippen LogP contribution in [0.3, 0.4) is 0 Å². The predicted molar refractivity (Wildman–Crippen MR) is 140 cm³/mol. The Balaban J connectivity index is 1.95. The van der Waals surface area contributed by atoms with Crippen LogP contribution >= 0.6 is 0 Å². The van der Waals surface area contributed by atoms with Gasteiger partial charge in [0, 0.05) is 31.5 Å². The van der Waals surface area contributed by atoms with Crippen molar-refractivity contribution >= 4 is 11.9 Å². The smallest absolute Gasteiger partial charge is 0.331 e. The lowest BCUT2D eigenvalue weighted by atomic mass is 9.85. The monoisotopic (exact) mass is 523 g/mol. The summed E-state index contributed by atoms with van der Waals surface area (Å²) in [6.45, 7) is 5.45. The number of carbonyl (C=O) groups excluding carboxylic acids is 1. The second kappa shape index (κ2) is 10.2. The highest BCUT2D eigenvalue weighted by Gasteiger charge is 2.66. The van der Waals surface area contributed by atoms with Crippen LogP contribution in [0.2, 0.25) is 0 Å². The van der Waals surface area contributed by atoms with Crippen LogP contribution in [0.4, 0.5) is 4.39 Å². The van der Waals surface area contributed by atoms with Gasteiger partial charge < -0.3 is 19.5 Å². The highest BCUT2D eigenvalue weighted by atomic mass is 19.1. The number of carboxylic acids is 1. The first kappa shape index (κ1) is 27.3. The summed E-state index contributed by atoms with van der Waals surface area (Å²) >= 11 is 0. The molecular weight excluding hydrogens is 489 g/mol. The van der Waals surface area contributed by atoms with Crippen LogP contribution in [0.15, 0.2) is 67.0 Å². The van der Waals surface area contributed by atoms with Gasteiger partial charge in [-0.2, -0.15) is 5.10 Å². The molecule has 0 bridgehead atoms. The second-order valence-electron chi connectivity index (χ2n) is 10.8. The first-order valence-corrected chi connectivity index (χ1v) is 12.4. The molecule has 0 radical (unpaired) electrons. The Morgan fingerprint density at radius 1 is 1.13 bits per heavy atom. The summed E-state index contributed by atoms with van der Waals surface area (Å²) in [6.07, 6.45) is 2.63. The number of aromatic nitrogens is 2. The van der Waals surface area contributed by atoms with Crippen molar-refractivity contribution in [1.82, 2.24) is 14.7 Å². The Labute approximate surface area is 222 Å². The number of nitrogens with zero attached hydrogens (tertiary/aromatic N) is 3. The highest BCUT2D eigenvalue weighted by Crippen LogP contribution is 2.53. The molecule has 1 aromatic heterocycles. The zero-order valence-corrected chi connectivity index (χ0v) is 22.3. The van der Waals surface area contributed by atoms with E-state index in [1.807, 2.05) is 20.8 Å². The van der Waals surface area contributed by atoms with E-state index in [0.29, 0.717) is 11.3 Å².